The Labute approximate surface area is 140 Å². The zero-order valence-corrected chi connectivity index (χ0v) is 14.3. The average Bonchev–Trinajstić information content (AvgIpc) is 3.08. The van der Waals surface area contributed by atoms with Crippen LogP contribution in [0.3, 0.4) is 0 Å². The van der Waals surface area contributed by atoms with Gasteiger partial charge >= 0.3 is 0 Å². The summed E-state index contributed by atoms with van der Waals surface area (Å²) in [5.41, 5.74) is 1.95. The van der Waals surface area contributed by atoms with Crippen molar-refractivity contribution >= 4 is 21.4 Å². The number of sulfonamides is 1. The molecular formula is C18H17NO2S2. The van der Waals surface area contributed by atoms with E-state index in [1.54, 1.807) is 24.3 Å². The first-order valence-corrected chi connectivity index (χ1v) is 9.60. The van der Waals surface area contributed by atoms with Gasteiger partial charge in [0.15, 0.2) is 0 Å². The number of nitrogens with one attached hydrogen (secondary N) is 1. The molecule has 0 aliphatic rings. The third-order valence-electron chi connectivity index (χ3n) is 3.56. The van der Waals surface area contributed by atoms with Gasteiger partial charge in [-0.15, -0.1) is 11.3 Å². The summed E-state index contributed by atoms with van der Waals surface area (Å²) in [6.07, 6.45) is 0. The highest BCUT2D eigenvalue weighted by molar-refractivity contribution is 7.89. The van der Waals surface area contributed by atoms with Crippen LogP contribution in [0, 0.1) is 6.92 Å². The van der Waals surface area contributed by atoms with Gasteiger partial charge in [0.25, 0.3) is 0 Å². The Kier molecular flexibility index (Phi) is 4.61. The number of thiophene rings is 1. The monoisotopic (exact) mass is 343 g/mol. The van der Waals surface area contributed by atoms with Crippen molar-refractivity contribution in [2.24, 2.45) is 0 Å². The Bertz CT molecular complexity index is 855. The van der Waals surface area contributed by atoms with Crippen LogP contribution >= 0.6 is 11.3 Å². The Morgan fingerprint density at radius 1 is 0.913 bits per heavy atom. The third kappa shape index (κ3) is 3.69. The van der Waals surface area contributed by atoms with E-state index in [-0.39, 0.29) is 10.9 Å². The van der Waals surface area contributed by atoms with Crippen LogP contribution in [-0.2, 0) is 10.0 Å². The van der Waals surface area contributed by atoms with Crippen molar-refractivity contribution in [2.75, 3.05) is 0 Å². The van der Waals surface area contributed by atoms with Crippen LogP contribution in [-0.4, -0.2) is 8.42 Å². The summed E-state index contributed by atoms with van der Waals surface area (Å²) in [6.45, 7) is 1.93. The van der Waals surface area contributed by atoms with E-state index in [9.17, 15) is 8.42 Å². The number of hydrogen-bond donors (Lipinski definition) is 1. The smallest absolute Gasteiger partial charge is 0.207 e. The molecule has 5 heteroatoms. The van der Waals surface area contributed by atoms with E-state index in [0.29, 0.717) is 0 Å². The summed E-state index contributed by atoms with van der Waals surface area (Å²) in [6, 6.07) is 20.0. The minimum atomic E-state index is -3.59. The van der Waals surface area contributed by atoms with Gasteiger partial charge in [0.1, 0.15) is 0 Å². The van der Waals surface area contributed by atoms with E-state index in [2.05, 4.69) is 4.72 Å². The van der Waals surface area contributed by atoms with E-state index in [1.807, 2.05) is 54.8 Å². The minimum Gasteiger partial charge on any atom is -0.207 e. The van der Waals surface area contributed by atoms with Crippen molar-refractivity contribution in [1.82, 2.24) is 4.72 Å². The molecule has 0 aliphatic heterocycles. The third-order valence-corrected chi connectivity index (χ3v) is 5.94. The number of hydrogen-bond acceptors (Lipinski definition) is 3. The molecular weight excluding hydrogens is 326 g/mol. The molecule has 1 atom stereocenters. The lowest BCUT2D eigenvalue weighted by Crippen LogP contribution is -2.29. The summed E-state index contributed by atoms with van der Waals surface area (Å²) in [5.74, 6) is 0. The second-order valence-corrected chi connectivity index (χ2v) is 7.99. The fourth-order valence-corrected chi connectivity index (χ4v) is 4.41. The second kappa shape index (κ2) is 6.66. The molecule has 0 amide bonds. The molecule has 0 unspecified atom stereocenters. The van der Waals surface area contributed by atoms with Crippen molar-refractivity contribution in [2.45, 2.75) is 17.9 Å². The lowest BCUT2D eigenvalue weighted by molar-refractivity contribution is 0.573. The summed E-state index contributed by atoms with van der Waals surface area (Å²) in [7, 11) is -3.59. The highest BCUT2D eigenvalue weighted by atomic mass is 32.2. The highest BCUT2D eigenvalue weighted by Gasteiger charge is 2.23. The van der Waals surface area contributed by atoms with Crippen LogP contribution in [0.4, 0.5) is 0 Å². The average molecular weight is 343 g/mol. The Balaban J connectivity index is 1.97. The molecule has 0 radical (unpaired) electrons. The van der Waals surface area contributed by atoms with Gasteiger partial charge in [0.2, 0.25) is 10.0 Å². The zero-order chi connectivity index (χ0) is 16.3. The first-order valence-electron chi connectivity index (χ1n) is 7.23. The quantitative estimate of drug-likeness (QED) is 0.757. The van der Waals surface area contributed by atoms with E-state index in [0.717, 1.165) is 16.0 Å². The molecule has 1 aromatic heterocycles. The van der Waals surface area contributed by atoms with Gasteiger partial charge in [-0.25, -0.2) is 8.42 Å². The van der Waals surface area contributed by atoms with E-state index in [1.165, 1.54) is 11.3 Å². The lowest BCUT2D eigenvalue weighted by Gasteiger charge is -2.18. The molecule has 0 spiro atoms. The minimum absolute atomic E-state index is 0.278. The number of benzene rings is 2. The molecule has 1 heterocycles. The maximum Gasteiger partial charge on any atom is 0.241 e. The van der Waals surface area contributed by atoms with Gasteiger partial charge in [-0.05, 0) is 36.1 Å². The SMILES string of the molecule is Cc1ccc(S(=O)(=O)N[C@@H](c2ccccc2)c2cccs2)cc1. The molecule has 3 rings (SSSR count). The van der Waals surface area contributed by atoms with Gasteiger partial charge in [-0.2, -0.15) is 4.72 Å². The Hall–Kier alpha value is -1.95. The number of rotatable bonds is 5. The zero-order valence-electron chi connectivity index (χ0n) is 12.6. The van der Waals surface area contributed by atoms with Crippen LogP contribution in [0.15, 0.2) is 77.0 Å². The van der Waals surface area contributed by atoms with Gasteiger partial charge in [-0.3, -0.25) is 0 Å². The second-order valence-electron chi connectivity index (χ2n) is 5.29. The van der Waals surface area contributed by atoms with E-state index in [4.69, 9.17) is 0 Å². The van der Waals surface area contributed by atoms with Crippen molar-refractivity contribution in [1.29, 1.82) is 0 Å². The fourth-order valence-electron chi connectivity index (χ4n) is 2.33. The van der Waals surface area contributed by atoms with Crippen molar-refractivity contribution in [3.8, 4) is 0 Å². The summed E-state index contributed by atoms with van der Waals surface area (Å²) >= 11 is 1.54. The molecule has 0 saturated heterocycles. The fraction of sp³-hybridized carbons (Fsp3) is 0.111. The predicted molar refractivity (Wildman–Crippen MR) is 94.1 cm³/mol. The highest BCUT2D eigenvalue weighted by Crippen LogP contribution is 2.27. The van der Waals surface area contributed by atoms with Crippen LogP contribution in [0.5, 0.6) is 0 Å². The molecule has 2 aromatic carbocycles. The van der Waals surface area contributed by atoms with Crippen molar-refractivity contribution < 1.29 is 8.42 Å². The van der Waals surface area contributed by atoms with Gasteiger partial charge in [0, 0.05) is 4.88 Å². The van der Waals surface area contributed by atoms with Crippen molar-refractivity contribution in [3.05, 3.63) is 88.1 Å². The molecule has 0 aliphatic carbocycles. The summed E-state index contributed by atoms with van der Waals surface area (Å²) in [4.78, 5) is 1.24. The van der Waals surface area contributed by atoms with Crippen LogP contribution in [0.2, 0.25) is 0 Å². The standard InChI is InChI=1S/C18H17NO2S2/c1-14-9-11-16(12-10-14)23(20,21)19-18(17-8-5-13-22-17)15-6-3-2-4-7-15/h2-13,18-19H,1H3/t18-/m0/s1. The first kappa shape index (κ1) is 15.9. The molecule has 0 fully saturated rings. The largest absolute Gasteiger partial charge is 0.241 e. The maximum absolute atomic E-state index is 12.7. The Morgan fingerprint density at radius 3 is 2.22 bits per heavy atom. The molecule has 3 nitrogen and oxygen atoms in total. The summed E-state index contributed by atoms with van der Waals surface area (Å²) in [5, 5.41) is 1.95. The van der Waals surface area contributed by atoms with Crippen molar-refractivity contribution in [3.63, 3.8) is 0 Å². The van der Waals surface area contributed by atoms with Crippen LogP contribution in [0.25, 0.3) is 0 Å². The van der Waals surface area contributed by atoms with E-state index >= 15 is 0 Å². The maximum atomic E-state index is 12.7. The topological polar surface area (TPSA) is 46.2 Å². The first-order chi connectivity index (χ1) is 11.1. The molecule has 3 aromatic rings. The molecule has 23 heavy (non-hydrogen) atoms. The molecule has 0 saturated carbocycles. The molecule has 1 N–H and O–H groups in total. The van der Waals surface area contributed by atoms with Gasteiger partial charge in [0.05, 0.1) is 10.9 Å². The number of aryl methyl sites for hydroxylation is 1. The van der Waals surface area contributed by atoms with Gasteiger partial charge < -0.3 is 0 Å². The lowest BCUT2D eigenvalue weighted by atomic mass is 10.1. The van der Waals surface area contributed by atoms with E-state index < -0.39 is 10.0 Å². The van der Waals surface area contributed by atoms with Crippen LogP contribution < -0.4 is 4.72 Å². The van der Waals surface area contributed by atoms with Crippen LogP contribution in [0.1, 0.15) is 22.0 Å². The molecule has 0 bridgehead atoms. The Morgan fingerprint density at radius 2 is 1.61 bits per heavy atom. The summed E-state index contributed by atoms with van der Waals surface area (Å²) < 4.78 is 28.3. The molecule has 118 valence electrons. The van der Waals surface area contributed by atoms with Gasteiger partial charge in [-0.1, -0.05) is 54.1 Å². The predicted octanol–water partition coefficient (Wildman–Crippen LogP) is 4.12. The normalized spacial score (nSPS) is 12.9.